The zero-order valence-corrected chi connectivity index (χ0v) is 16.8. The Balaban J connectivity index is 1.51. The second-order valence-electron chi connectivity index (χ2n) is 7.45. The molecule has 150 valence electrons. The number of ether oxygens (including phenoxy) is 1. The zero-order valence-electron chi connectivity index (χ0n) is 16.8. The number of carbonyl (C=O) groups is 1. The van der Waals surface area contributed by atoms with Gasteiger partial charge >= 0.3 is 0 Å². The van der Waals surface area contributed by atoms with E-state index < -0.39 is 0 Å². The van der Waals surface area contributed by atoms with Gasteiger partial charge in [-0.3, -0.25) is 9.78 Å². The molecule has 4 rings (SSSR count). The highest BCUT2D eigenvalue weighted by Crippen LogP contribution is 2.26. The van der Waals surface area contributed by atoms with Gasteiger partial charge in [-0.25, -0.2) is 4.98 Å². The zero-order chi connectivity index (χ0) is 20.2. The van der Waals surface area contributed by atoms with Crippen molar-refractivity contribution >= 4 is 5.91 Å². The molecule has 0 saturated carbocycles. The number of benzene rings is 1. The maximum absolute atomic E-state index is 13.3. The van der Waals surface area contributed by atoms with E-state index in [0.29, 0.717) is 36.2 Å². The summed E-state index contributed by atoms with van der Waals surface area (Å²) in [7, 11) is 0. The van der Waals surface area contributed by atoms with Gasteiger partial charge in [-0.05, 0) is 57.4 Å². The van der Waals surface area contributed by atoms with E-state index in [1.54, 1.807) is 12.4 Å². The number of carbonyl (C=O) groups excluding carboxylic acids is 1. The predicted molar refractivity (Wildman–Crippen MR) is 110 cm³/mol. The van der Waals surface area contributed by atoms with Crippen LogP contribution in [0.15, 0.2) is 53.2 Å². The number of rotatable bonds is 5. The van der Waals surface area contributed by atoms with Crippen molar-refractivity contribution in [3.05, 3.63) is 65.8 Å². The average Bonchev–Trinajstić information content (AvgIpc) is 3.15. The molecule has 1 fully saturated rings. The van der Waals surface area contributed by atoms with Gasteiger partial charge in [0.05, 0.1) is 17.9 Å². The number of amides is 1. The lowest BCUT2D eigenvalue weighted by molar-refractivity contribution is 0.0497. The number of hydrogen-bond donors (Lipinski definition) is 0. The SMILES string of the molecule is Cc1ccc(-c2nc(C)c(C(=O)N3CCCCC3COc3cccnc3)o2)cc1. The number of oxazole rings is 1. The number of aryl methyl sites for hydroxylation is 2. The van der Waals surface area contributed by atoms with E-state index in [1.807, 2.05) is 55.1 Å². The van der Waals surface area contributed by atoms with E-state index in [4.69, 9.17) is 9.15 Å². The summed E-state index contributed by atoms with van der Waals surface area (Å²) in [5.41, 5.74) is 2.65. The topological polar surface area (TPSA) is 68.5 Å². The fraction of sp³-hybridized carbons (Fsp3) is 0.348. The number of aromatic nitrogens is 2. The first-order chi connectivity index (χ1) is 14.1. The van der Waals surface area contributed by atoms with E-state index in [0.717, 1.165) is 30.4 Å². The molecule has 1 aliphatic rings. The quantitative estimate of drug-likeness (QED) is 0.644. The first-order valence-corrected chi connectivity index (χ1v) is 10.00. The van der Waals surface area contributed by atoms with Gasteiger partial charge in [-0.15, -0.1) is 0 Å². The van der Waals surface area contributed by atoms with Crippen LogP contribution in [0.25, 0.3) is 11.5 Å². The highest BCUT2D eigenvalue weighted by atomic mass is 16.5. The minimum atomic E-state index is -0.118. The molecule has 2 aromatic heterocycles. The van der Waals surface area contributed by atoms with Crippen LogP contribution in [0.2, 0.25) is 0 Å². The molecule has 6 heteroatoms. The Bertz CT molecular complexity index is 967. The smallest absolute Gasteiger partial charge is 0.291 e. The van der Waals surface area contributed by atoms with Gasteiger partial charge in [0.1, 0.15) is 12.4 Å². The van der Waals surface area contributed by atoms with Gasteiger partial charge in [-0.1, -0.05) is 17.7 Å². The molecule has 0 aliphatic carbocycles. The van der Waals surface area contributed by atoms with E-state index in [2.05, 4.69) is 9.97 Å². The molecular weight excluding hydrogens is 366 g/mol. The molecular formula is C23H25N3O3. The number of nitrogens with zero attached hydrogens (tertiary/aromatic N) is 3. The molecule has 1 aromatic carbocycles. The van der Waals surface area contributed by atoms with Crippen molar-refractivity contribution in [1.82, 2.24) is 14.9 Å². The Labute approximate surface area is 170 Å². The van der Waals surface area contributed by atoms with Gasteiger partial charge in [0.2, 0.25) is 11.7 Å². The highest BCUT2D eigenvalue weighted by molar-refractivity contribution is 5.93. The van der Waals surface area contributed by atoms with Crippen molar-refractivity contribution in [1.29, 1.82) is 0 Å². The number of piperidine rings is 1. The van der Waals surface area contributed by atoms with E-state index >= 15 is 0 Å². The molecule has 0 N–H and O–H groups in total. The fourth-order valence-electron chi connectivity index (χ4n) is 3.61. The lowest BCUT2D eigenvalue weighted by Crippen LogP contribution is -2.46. The minimum absolute atomic E-state index is 0.00350. The van der Waals surface area contributed by atoms with Crippen LogP contribution < -0.4 is 4.74 Å². The standard InChI is InChI=1S/C23H25N3O3/c1-16-8-10-18(11-9-16)22-25-17(2)21(29-22)23(27)26-13-4-3-6-19(26)15-28-20-7-5-12-24-14-20/h5,7-12,14,19H,3-4,6,13,15H2,1-2H3. The summed E-state index contributed by atoms with van der Waals surface area (Å²) in [5, 5.41) is 0. The Morgan fingerprint density at radius 1 is 1.21 bits per heavy atom. The summed E-state index contributed by atoms with van der Waals surface area (Å²) in [4.78, 5) is 23.7. The normalized spacial score (nSPS) is 16.6. The Kier molecular flexibility index (Phi) is 5.60. The van der Waals surface area contributed by atoms with Gasteiger partial charge in [0.25, 0.3) is 5.91 Å². The molecule has 1 aliphatic heterocycles. The molecule has 3 heterocycles. The predicted octanol–water partition coefficient (Wildman–Crippen LogP) is 4.43. The van der Waals surface area contributed by atoms with Crippen LogP contribution in [0.5, 0.6) is 5.75 Å². The molecule has 6 nitrogen and oxygen atoms in total. The number of likely N-dealkylation sites (tertiary alicyclic amines) is 1. The van der Waals surface area contributed by atoms with Gasteiger partial charge in [0.15, 0.2) is 0 Å². The molecule has 0 spiro atoms. The van der Waals surface area contributed by atoms with Gasteiger partial charge in [-0.2, -0.15) is 0 Å². The average molecular weight is 391 g/mol. The summed E-state index contributed by atoms with van der Waals surface area (Å²) in [6.45, 7) is 4.98. The fourth-order valence-corrected chi connectivity index (χ4v) is 3.61. The third-order valence-corrected chi connectivity index (χ3v) is 5.25. The van der Waals surface area contributed by atoms with E-state index in [-0.39, 0.29) is 11.9 Å². The number of pyridine rings is 1. The summed E-state index contributed by atoms with van der Waals surface area (Å²) in [6.07, 6.45) is 6.36. The van der Waals surface area contributed by atoms with Crippen molar-refractivity contribution in [3.8, 4) is 17.2 Å². The second-order valence-corrected chi connectivity index (χ2v) is 7.45. The largest absolute Gasteiger partial charge is 0.490 e. The van der Waals surface area contributed by atoms with E-state index in [1.165, 1.54) is 0 Å². The van der Waals surface area contributed by atoms with Gasteiger partial charge in [0, 0.05) is 18.3 Å². The third kappa shape index (κ3) is 4.31. The first kappa shape index (κ1) is 19.2. The summed E-state index contributed by atoms with van der Waals surface area (Å²) in [6, 6.07) is 11.6. The molecule has 1 saturated heterocycles. The lowest BCUT2D eigenvalue weighted by Gasteiger charge is -2.35. The van der Waals surface area contributed by atoms with Gasteiger partial charge < -0.3 is 14.1 Å². The second kappa shape index (κ2) is 8.47. The van der Waals surface area contributed by atoms with Crippen molar-refractivity contribution < 1.29 is 13.9 Å². The van der Waals surface area contributed by atoms with Crippen LogP contribution in [0.3, 0.4) is 0 Å². The molecule has 1 atom stereocenters. The van der Waals surface area contributed by atoms with Crippen LogP contribution in [-0.2, 0) is 0 Å². The van der Waals surface area contributed by atoms with Crippen molar-refractivity contribution in [2.75, 3.05) is 13.2 Å². The minimum Gasteiger partial charge on any atom is -0.490 e. The van der Waals surface area contributed by atoms with Crippen molar-refractivity contribution in [2.24, 2.45) is 0 Å². The summed E-state index contributed by atoms with van der Waals surface area (Å²) >= 11 is 0. The van der Waals surface area contributed by atoms with E-state index in [9.17, 15) is 4.79 Å². The third-order valence-electron chi connectivity index (χ3n) is 5.25. The van der Waals surface area contributed by atoms with Crippen LogP contribution in [0.1, 0.15) is 41.1 Å². The molecule has 3 aromatic rings. The molecule has 1 amide bonds. The van der Waals surface area contributed by atoms with Crippen molar-refractivity contribution in [3.63, 3.8) is 0 Å². The Morgan fingerprint density at radius 2 is 2.03 bits per heavy atom. The Hall–Kier alpha value is -3.15. The monoisotopic (exact) mass is 391 g/mol. The molecule has 0 radical (unpaired) electrons. The Morgan fingerprint density at radius 3 is 2.79 bits per heavy atom. The highest BCUT2D eigenvalue weighted by Gasteiger charge is 2.31. The van der Waals surface area contributed by atoms with Crippen LogP contribution >= 0.6 is 0 Å². The maximum Gasteiger partial charge on any atom is 0.291 e. The lowest BCUT2D eigenvalue weighted by atomic mass is 10.0. The molecule has 1 unspecified atom stereocenters. The summed E-state index contributed by atoms with van der Waals surface area (Å²) in [5.74, 6) is 1.38. The van der Waals surface area contributed by atoms with Crippen LogP contribution in [-0.4, -0.2) is 40.0 Å². The molecule has 0 bridgehead atoms. The van der Waals surface area contributed by atoms with Crippen molar-refractivity contribution in [2.45, 2.75) is 39.2 Å². The maximum atomic E-state index is 13.3. The van der Waals surface area contributed by atoms with Crippen LogP contribution in [0, 0.1) is 13.8 Å². The number of hydrogen-bond acceptors (Lipinski definition) is 5. The first-order valence-electron chi connectivity index (χ1n) is 10.00. The summed E-state index contributed by atoms with van der Waals surface area (Å²) < 4.78 is 11.8. The molecule has 29 heavy (non-hydrogen) atoms. The van der Waals surface area contributed by atoms with Crippen LogP contribution in [0.4, 0.5) is 0 Å².